The van der Waals surface area contributed by atoms with Gasteiger partial charge in [0.25, 0.3) is 0 Å². The fourth-order valence-electron chi connectivity index (χ4n) is 3.68. The zero-order valence-corrected chi connectivity index (χ0v) is 21.2. The lowest BCUT2D eigenvalue weighted by Gasteiger charge is -2.30. The molecule has 1 aliphatic rings. The first kappa shape index (κ1) is 25.4. The minimum Gasteiger partial charge on any atom is -0.355 e. The second-order valence-electron chi connectivity index (χ2n) is 7.90. The van der Waals surface area contributed by atoms with E-state index in [1.54, 1.807) is 30.0 Å². The van der Waals surface area contributed by atoms with Crippen molar-refractivity contribution in [3.8, 4) is 0 Å². The van der Waals surface area contributed by atoms with Crippen LogP contribution in [0.2, 0.25) is 10.0 Å². The number of halogens is 2. The summed E-state index contributed by atoms with van der Waals surface area (Å²) in [4.78, 5) is 12.5. The van der Waals surface area contributed by atoms with Crippen LogP contribution in [0, 0.1) is 12.8 Å². The lowest BCUT2D eigenvalue weighted by Crippen LogP contribution is -2.43. The van der Waals surface area contributed by atoms with E-state index in [2.05, 4.69) is 24.4 Å². The third-order valence-electron chi connectivity index (χ3n) is 5.67. The van der Waals surface area contributed by atoms with Crippen LogP contribution >= 0.6 is 35.0 Å². The van der Waals surface area contributed by atoms with Crippen LogP contribution in [0.4, 0.5) is 0 Å². The molecule has 3 rings (SSSR count). The smallest absolute Gasteiger partial charge is 0.223 e. The molecule has 5 nitrogen and oxygen atoms in total. The molecule has 1 fully saturated rings. The molecular formula is C23H28Cl2N2O3S2. The Bertz CT molecular complexity index is 1020. The number of nitrogens with one attached hydrogen (secondary N) is 1. The molecule has 0 aromatic heterocycles. The summed E-state index contributed by atoms with van der Waals surface area (Å²) in [5, 5.41) is 3.69. The van der Waals surface area contributed by atoms with Gasteiger partial charge in [0.2, 0.25) is 15.9 Å². The van der Waals surface area contributed by atoms with E-state index in [-0.39, 0.29) is 17.6 Å². The fourth-order valence-corrected chi connectivity index (χ4v) is 6.93. The quantitative estimate of drug-likeness (QED) is 0.483. The molecule has 1 saturated heterocycles. The second-order valence-corrected chi connectivity index (χ2v) is 11.8. The first-order chi connectivity index (χ1) is 15.3. The molecule has 0 aliphatic carbocycles. The number of rotatable bonds is 9. The minimum absolute atomic E-state index is 0.00712. The van der Waals surface area contributed by atoms with Gasteiger partial charge in [-0.1, -0.05) is 53.5 Å². The van der Waals surface area contributed by atoms with Gasteiger partial charge < -0.3 is 5.32 Å². The van der Waals surface area contributed by atoms with Gasteiger partial charge >= 0.3 is 0 Å². The summed E-state index contributed by atoms with van der Waals surface area (Å²) in [6.07, 6.45) is 1.02. The molecule has 32 heavy (non-hydrogen) atoms. The van der Waals surface area contributed by atoms with Crippen molar-refractivity contribution in [3.63, 3.8) is 0 Å². The van der Waals surface area contributed by atoms with E-state index in [9.17, 15) is 13.2 Å². The maximum Gasteiger partial charge on any atom is 0.223 e. The van der Waals surface area contributed by atoms with Gasteiger partial charge in [-0.05, 0) is 43.0 Å². The Balaban J connectivity index is 1.41. The van der Waals surface area contributed by atoms with Gasteiger partial charge in [-0.3, -0.25) is 4.79 Å². The molecule has 0 atom stereocenters. The van der Waals surface area contributed by atoms with Gasteiger partial charge in [0.15, 0.2) is 0 Å². The van der Waals surface area contributed by atoms with Crippen molar-refractivity contribution in [1.82, 2.24) is 9.62 Å². The van der Waals surface area contributed by atoms with Crippen molar-refractivity contribution < 1.29 is 13.2 Å². The fraction of sp³-hybridized carbons (Fsp3) is 0.435. The summed E-state index contributed by atoms with van der Waals surface area (Å²) in [5.41, 5.74) is 3.01. The third-order valence-corrected chi connectivity index (χ3v) is 9.19. The Kier molecular flexibility index (Phi) is 9.32. The van der Waals surface area contributed by atoms with Gasteiger partial charge in [-0.15, -0.1) is 0 Å². The van der Waals surface area contributed by atoms with Crippen LogP contribution in [0.25, 0.3) is 0 Å². The van der Waals surface area contributed by atoms with Gasteiger partial charge in [-0.25, -0.2) is 12.7 Å². The summed E-state index contributed by atoms with van der Waals surface area (Å²) < 4.78 is 27.1. The predicted molar refractivity (Wildman–Crippen MR) is 134 cm³/mol. The SMILES string of the molecule is Cc1ccccc1CSCCNC(=O)C1CCN(S(=O)(=O)Cc2c(Cl)cccc2Cl)CC1. The number of aryl methyl sites for hydroxylation is 1. The Hall–Kier alpha value is -1.25. The standard InChI is InChI=1S/C23H28Cl2N2O3S2/c1-17-5-2-3-6-19(17)15-31-14-11-26-23(28)18-9-12-27(13-10-18)32(29,30)16-20-21(24)7-4-8-22(20)25/h2-8,18H,9-16H2,1H3,(H,26,28). The number of carbonyl (C=O) groups is 1. The van der Waals surface area contributed by atoms with Crippen LogP contribution in [0.1, 0.15) is 29.5 Å². The molecule has 9 heteroatoms. The lowest BCUT2D eigenvalue weighted by molar-refractivity contribution is -0.125. The largest absolute Gasteiger partial charge is 0.355 e. The van der Waals surface area contributed by atoms with Crippen LogP contribution in [-0.2, 0) is 26.3 Å². The Morgan fingerprint density at radius 3 is 2.41 bits per heavy atom. The highest BCUT2D eigenvalue weighted by molar-refractivity contribution is 7.98. The summed E-state index contributed by atoms with van der Waals surface area (Å²) >= 11 is 14.1. The Morgan fingerprint density at radius 2 is 1.75 bits per heavy atom. The number of nitrogens with zero attached hydrogens (tertiary/aromatic N) is 1. The van der Waals surface area contributed by atoms with E-state index < -0.39 is 10.0 Å². The van der Waals surface area contributed by atoms with Gasteiger partial charge in [-0.2, -0.15) is 11.8 Å². The summed E-state index contributed by atoms with van der Waals surface area (Å²) in [5.74, 6) is 1.38. The van der Waals surface area contributed by atoms with E-state index in [4.69, 9.17) is 23.2 Å². The summed E-state index contributed by atoms with van der Waals surface area (Å²) in [6, 6.07) is 13.3. The molecule has 0 bridgehead atoms. The summed E-state index contributed by atoms with van der Waals surface area (Å²) in [7, 11) is -3.56. The number of sulfonamides is 1. The van der Waals surface area contributed by atoms with Crippen molar-refractivity contribution in [2.45, 2.75) is 31.3 Å². The van der Waals surface area contributed by atoms with Crippen LogP contribution in [0.3, 0.4) is 0 Å². The highest BCUT2D eigenvalue weighted by Crippen LogP contribution is 2.29. The van der Waals surface area contributed by atoms with Gasteiger partial charge in [0, 0.05) is 52.7 Å². The predicted octanol–water partition coefficient (Wildman–Crippen LogP) is 4.89. The minimum atomic E-state index is -3.56. The molecule has 1 aliphatic heterocycles. The zero-order chi connectivity index (χ0) is 23.1. The Morgan fingerprint density at radius 1 is 1.09 bits per heavy atom. The molecular weight excluding hydrogens is 487 g/mol. The van der Waals surface area contributed by atoms with E-state index in [0.29, 0.717) is 48.1 Å². The van der Waals surface area contributed by atoms with Crippen molar-refractivity contribution in [2.75, 3.05) is 25.4 Å². The van der Waals surface area contributed by atoms with Gasteiger partial charge in [0.05, 0.1) is 5.75 Å². The Labute approximate surface area is 204 Å². The molecule has 0 spiro atoms. The summed E-state index contributed by atoms with van der Waals surface area (Å²) in [6.45, 7) is 3.36. The van der Waals surface area contributed by atoms with Crippen LogP contribution < -0.4 is 5.32 Å². The average Bonchev–Trinajstić information content (AvgIpc) is 2.77. The molecule has 0 radical (unpaired) electrons. The molecule has 2 aromatic carbocycles. The number of amides is 1. The van der Waals surface area contributed by atoms with Crippen LogP contribution in [-0.4, -0.2) is 44.0 Å². The van der Waals surface area contributed by atoms with Gasteiger partial charge in [0.1, 0.15) is 0 Å². The van der Waals surface area contributed by atoms with Crippen molar-refractivity contribution in [2.24, 2.45) is 5.92 Å². The van der Waals surface area contributed by atoms with Crippen molar-refractivity contribution in [3.05, 3.63) is 69.2 Å². The first-order valence-electron chi connectivity index (χ1n) is 10.6. The zero-order valence-electron chi connectivity index (χ0n) is 18.0. The van der Waals surface area contributed by atoms with E-state index in [1.807, 2.05) is 12.1 Å². The number of benzene rings is 2. The lowest BCUT2D eigenvalue weighted by atomic mass is 9.97. The molecule has 1 amide bonds. The van der Waals surface area contributed by atoms with E-state index >= 15 is 0 Å². The number of thioether (sulfide) groups is 1. The number of piperidine rings is 1. The third kappa shape index (κ3) is 6.87. The monoisotopic (exact) mass is 514 g/mol. The van der Waals surface area contributed by atoms with E-state index in [1.165, 1.54) is 15.4 Å². The second kappa shape index (κ2) is 11.7. The highest BCUT2D eigenvalue weighted by atomic mass is 35.5. The number of hydrogen-bond acceptors (Lipinski definition) is 4. The van der Waals surface area contributed by atoms with Crippen LogP contribution in [0.5, 0.6) is 0 Å². The van der Waals surface area contributed by atoms with Crippen molar-refractivity contribution in [1.29, 1.82) is 0 Å². The van der Waals surface area contributed by atoms with Crippen molar-refractivity contribution >= 4 is 50.9 Å². The highest BCUT2D eigenvalue weighted by Gasteiger charge is 2.31. The molecule has 174 valence electrons. The van der Waals surface area contributed by atoms with E-state index in [0.717, 1.165) is 11.5 Å². The molecule has 2 aromatic rings. The maximum absolute atomic E-state index is 12.8. The number of hydrogen-bond donors (Lipinski definition) is 1. The molecule has 0 unspecified atom stereocenters. The average molecular weight is 516 g/mol. The normalized spacial score (nSPS) is 15.6. The molecule has 1 N–H and O–H groups in total. The number of carbonyl (C=O) groups excluding carboxylic acids is 1. The molecule has 1 heterocycles. The van der Waals surface area contributed by atoms with Crippen LogP contribution in [0.15, 0.2) is 42.5 Å². The first-order valence-corrected chi connectivity index (χ1v) is 14.1. The maximum atomic E-state index is 12.8. The topological polar surface area (TPSA) is 66.5 Å². The molecule has 0 saturated carbocycles.